The summed E-state index contributed by atoms with van der Waals surface area (Å²) in [6, 6.07) is 0. The molecule has 0 bridgehead atoms. The molecule has 0 heterocycles. The van der Waals surface area contributed by atoms with Crippen LogP contribution in [-0.4, -0.2) is 18.4 Å². The van der Waals surface area contributed by atoms with Gasteiger partial charge in [-0.3, -0.25) is 4.79 Å². The predicted molar refractivity (Wildman–Crippen MR) is 45.6 cm³/mol. The summed E-state index contributed by atoms with van der Waals surface area (Å²) in [4.78, 5) is 21.9. The van der Waals surface area contributed by atoms with E-state index in [0.717, 1.165) is 0 Å². The van der Waals surface area contributed by atoms with E-state index in [1.165, 1.54) is 12.2 Å². The molecule has 0 aliphatic rings. The number of rotatable bonds is 4. The monoisotopic (exact) mass is 168 g/mol. The summed E-state index contributed by atoms with van der Waals surface area (Å²) in [6.45, 7) is 6.91. The molecule has 0 saturated heterocycles. The van der Waals surface area contributed by atoms with Gasteiger partial charge in [0.05, 0.1) is 6.61 Å². The molecule has 0 fully saturated rings. The van der Waals surface area contributed by atoms with Crippen molar-refractivity contribution in [3.8, 4) is 0 Å². The molecule has 0 spiro atoms. The van der Waals surface area contributed by atoms with E-state index in [1.54, 1.807) is 13.8 Å². The van der Waals surface area contributed by atoms with Crippen LogP contribution in [0.15, 0.2) is 24.3 Å². The van der Waals surface area contributed by atoms with E-state index in [1.807, 2.05) is 0 Å². The average Bonchev–Trinajstić information content (AvgIpc) is 2.07. The molecule has 0 amide bonds. The number of esters is 1. The van der Waals surface area contributed by atoms with Crippen LogP contribution in [0.1, 0.15) is 13.8 Å². The van der Waals surface area contributed by atoms with E-state index in [4.69, 9.17) is 0 Å². The molecule has 0 radical (unpaired) electrons. The smallest absolute Gasteiger partial charge is 0.379 e. The van der Waals surface area contributed by atoms with Gasteiger partial charge < -0.3 is 4.74 Å². The first-order valence-electron chi connectivity index (χ1n) is 3.67. The van der Waals surface area contributed by atoms with Gasteiger partial charge in [-0.15, -0.1) is 0 Å². The number of allylic oxidation sites excluding steroid dienone is 2. The van der Waals surface area contributed by atoms with Gasteiger partial charge in [-0.05, 0) is 13.8 Å². The van der Waals surface area contributed by atoms with Crippen molar-refractivity contribution in [3.63, 3.8) is 0 Å². The second-order valence-electron chi connectivity index (χ2n) is 2.00. The van der Waals surface area contributed by atoms with Gasteiger partial charge in [0, 0.05) is 5.57 Å². The molecule has 3 heteroatoms. The summed E-state index contributed by atoms with van der Waals surface area (Å²) < 4.78 is 4.51. The fourth-order valence-electron chi connectivity index (χ4n) is 0.656. The fraction of sp³-hybridized carbons (Fsp3) is 0.333. The van der Waals surface area contributed by atoms with Crippen molar-refractivity contribution < 1.29 is 14.3 Å². The van der Waals surface area contributed by atoms with Crippen molar-refractivity contribution in [1.82, 2.24) is 0 Å². The molecule has 3 nitrogen and oxygen atoms in total. The van der Waals surface area contributed by atoms with Crippen molar-refractivity contribution >= 4 is 11.8 Å². The van der Waals surface area contributed by atoms with Crippen LogP contribution < -0.4 is 0 Å². The first-order chi connectivity index (χ1) is 5.67. The van der Waals surface area contributed by atoms with Crippen LogP contribution >= 0.6 is 0 Å². The summed E-state index contributed by atoms with van der Waals surface area (Å²) in [5.41, 5.74) is 0.272. The lowest BCUT2D eigenvalue weighted by Gasteiger charge is -1.99. The molecule has 66 valence electrons. The summed E-state index contributed by atoms with van der Waals surface area (Å²) in [5, 5.41) is 0. The van der Waals surface area contributed by atoms with E-state index < -0.39 is 11.8 Å². The van der Waals surface area contributed by atoms with Crippen LogP contribution in [0, 0.1) is 0 Å². The van der Waals surface area contributed by atoms with E-state index >= 15 is 0 Å². The summed E-state index contributed by atoms with van der Waals surface area (Å²) in [6.07, 6.45) is 2.85. The van der Waals surface area contributed by atoms with Crippen LogP contribution in [0.2, 0.25) is 0 Å². The maximum absolute atomic E-state index is 11.1. The number of ether oxygens (including phenoxy) is 1. The Morgan fingerprint density at radius 2 is 2.08 bits per heavy atom. The summed E-state index contributed by atoms with van der Waals surface area (Å²) >= 11 is 0. The number of hydrogen-bond acceptors (Lipinski definition) is 3. The second-order valence-corrected chi connectivity index (χ2v) is 2.00. The molecule has 0 N–H and O–H groups in total. The van der Waals surface area contributed by atoms with Gasteiger partial charge in [0.25, 0.3) is 5.78 Å². The summed E-state index contributed by atoms with van der Waals surface area (Å²) in [5.74, 6) is -1.47. The van der Waals surface area contributed by atoms with Crippen molar-refractivity contribution in [2.75, 3.05) is 6.61 Å². The zero-order valence-electron chi connectivity index (χ0n) is 7.29. The van der Waals surface area contributed by atoms with Gasteiger partial charge >= 0.3 is 5.97 Å². The maximum Gasteiger partial charge on any atom is 0.379 e. The SMILES string of the molecule is C=CC(=CC)C(=O)C(=O)OCC. The zero-order chi connectivity index (χ0) is 9.56. The average molecular weight is 168 g/mol. The van der Waals surface area contributed by atoms with Gasteiger partial charge in [-0.25, -0.2) is 4.79 Å². The van der Waals surface area contributed by atoms with Crippen molar-refractivity contribution in [2.45, 2.75) is 13.8 Å². The fourth-order valence-corrected chi connectivity index (χ4v) is 0.656. The molecular weight excluding hydrogens is 156 g/mol. The first kappa shape index (κ1) is 10.6. The lowest BCUT2D eigenvalue weighted by Crippen LogP contribution is -2.18. The van der Waals surface area contributed by atoms with Crippen LogP contribution in [0.5, 0.6) is 0 Å². The Balaban J connectivity index is 4.38. The Morgan fingerprint density at radius 3 is 2.42 bits per heavy atom. The normalized spacial score (nSPS) is 10.7. The topological polar surface area (TPSA) is 43.4 Å². The maximum atomic E-state index is 11.1. The summed E-state index contributed by atoms with van der Waals surface area (Å²) in [7, 11) is 0. The van der Waals surface area contributed by atoms with Crippen molar-refractivity contribution in [2.24, 2.45) is 0 Å². The number of hydrogen-bond donors (Lipinski definition) is 0. The van der Waals surface area contributed by atoms with E-state index in [2.05, 4.69) is 11.3 Å². The molecule has 0 aromatic heterocycles. The predicted octanol–water partition coefficient (Wildman–Crippen LogP) is 1.25. The Labute approximate surface area is 71.7 Å². The van der Waals surface area contributed by atoms with Crippen LogP contribution in [0.25, 0.3) is 0 Å². The van der Waals surface area contributed by atoms with Crippen LogP contribution in [-0.2, 0) is 14.3 Å². The highest BCUT2D eigenvalue weighted by atomic mass is 16.5. The first-order valence-corrected chi connectivity index (χ1v) is 3.67. The van der Waals surface area contributed by atoms with E-state index in [0.29, 0.717) is 0 Å². The van der Waals surface area contributed by atoms with Gasteiger partial charge in [0.2, 0.25) is 0 Å². The quantitative estimate of drug-likeness (QED) is 0.274. The van der Waals surface area contributed by atoms with Gasteiger partial charge in [0.1, 0.15) is 0 Å². The second kappa shape index (κ2) is 5.29. The number of ketones is 1. The zero-order valence-corrected chi connectivity index (χ0v) is 7.29. The number of Topliss-reactive ketones (excluding diaryl/α,β-unsaturated/α-hetero) is 1. The lowest BCUT2D eigenvalue weighted by molar-refractivity contribution is -0.151. The van der Waals surface area contributed by atoms with Crippen molar-refractivity contribution in [3.05, 3.63) is 24.3 Å². The number of carbonyl (C=O) groups excluding carboxylic acids is 2. The molecule has 0 atom stereocenters. The minimum atomic E-state index is -0.828. The Hall–Kier alpha value is -1.38. The highest BCUT2D eigenvalue weighted by molar-refractivity contribution is 6.41. The highest BCUT2D eigenvalue weighted by Crippen LogP contribution is 1.99. The third-order valence-electron chi connectivity index (χ3n) is 1.25. The van der Waals surface area contributed by atoms with Gasteiger partial charge in [-0.1, -0.05) is 18.7 Å². The molecule has 0 aromatic carbocycles. The minimum absolute atomic E-state index is 0.207. The van der Waals surface area contributed by atoms with Crippen LogP contribution in [0.3, 0.4) is 0 Å². The third kappa shape index (κ3) is 2.70. The largest absolute Gasteiger partial charge is 0.460 e. The van der Waals surface area contributed by atoms with Crippen molar-refractivity contribution in [1.29, 1.82) is 0 Å². The number of carbonyl (C=O) groups is 2. The molecule has 12 heavy (non-hydrogen) atoms. The Morgan fingerprint density at radius 1 is 1.50 bits per heavy atom. The minimum Gasteiger partial charge on any atom is -0.460 e. The van der Waals surface area contributed by atoms with E-state index in [-0.39, 0.29) is 12.2 Å². The molecule has 0 saturated carbocycles. The molecule has 0 unspecified atom stereocenters. The van der Waals surface area contributed by atoms with Crippen LogP contribution in [0.4, 0.5) is 0 Å². The Bertz CT molecular complexity index is 226. The third-order valence-corrected chi connectivity index (χ3v) is 1.25. The molecule has 0 aliphatic carbocycles. The molecule has 0 aliphatic heterocycles. The van der Waals surface area contributed by atoms with E-state index in [9.17, 15) is 9.59 Å². The Kier molecular flexibility index (Phi) is 4.69. The lowest BCUT2D eigenvalue weighted by atomic mass is 10.1. The standard InChI is InChI=1S/C9H12O3/c1-4-7(5-2)8(10)9(11)12-6-3/h4-5H,1,6H2,2-3H3. The van der Waals surface area contributed by atoms with Gasteiger partial charge in [0.15, 0.2) is 0 Å². The molecule has 0 aromatic rings. The molecular formula is C9H12O3. The van der Waals surface area contributed by atoms with Gasteiger partial charge in [-0.2, -0.15) is 0 Å². The molecule has 0 rings (SSSR count). The highest BCUT2D eigenvalue weighted by Gasteiger charge is 2.16.